The Morgan fingerprint density at radius 3 is 2.60 bits per heavy atom. The smallest absolute Gasteiger partial charge is 0.318 e. The number of rotatable bonds is 7. The zero-order valence-corrected chi connectivity index (χ0v) is 15.3. The van der Waals surface area contributed by atoms with Gasteiger partial charge in [0.15, 0.2) is 0 Å². The van der Waals surface area contributed by atoms with E-state index in [1.165, 1.54) is 18.9 Å². The van der Waals surface area contributed by atoms with Crippen molar-refractivity contribution >= 4 is 29.3 Å². The van der Waals surface area contributed by atoms with Crippen molar-refractivity contribution in [3.8, 4) is 0 Å². The number of esters is 1. The lowest BCUT2D eigenvalue weighted by Crippen LogP contribution is -2.17. The van der Waals surface area contributed by atoms with Gasteiger partial charge in [-0.15, -0.1) is 11.8 Å². The summed E-state index contributed by atoms with van der Waals surface area (Å²) in [6.45, 7) is 2.23. The number of nitrogens with one attached hydrogen (secondary N) is 1. The first-order valence-corrected chi connectivity index (χ1v) is 8.66. The van der Waals surface area contributed by atoms with Crippen molar-refractivity contribution in [3.05, 3.63) is 59.7 Å². The summed E-state index contributed by atoms with van der Waals surface area (Å²) < 4.78 is 9.85. The highest BCUT2D eigenvalue weighted by Gasteiger charge is 2.19. The van der Waals surface area contributed by atoms with Crippen LogP contribution in [0.4, 0.5) is 5.69 Å². The Bertz CT molecular complexity index is 748. The second-order valence-corrected chi connectivity index (χ2v) is 6.75. The Balaban J connectivity index is 2.16. The molecule has 0 heterocycles. The number of ether oxygens (including phenoxy) is 2. The molecule has 0 aromatic heterocycles. The first kappa shape index (κ1) is 19.0. The maximum atomic E-state index is 12.7. The van der Waals surface area contributed by atoms with E-state index in [9.17, 15) is 9.59 Å². The van der Waals surface area contributed by atoms with Crippen LogP contribution in [0.25, 0.3) is 0 Å². The van der Waals surface area contributed by atoms with Gasteiger partial charge in [-0.25, -0.2) is 0 Å². The molecule has 1 amide bonds. The van der Waals surface area contributed by atoms with Crippen molar-refractivity contribution in [2.24, 2.45) is 0 Å². The lowest BCUT2D eigenvalue weighted by atomic mass is 10.2. The van der Waals surface area contributed by atoms with Gasteiger partial charge in [-0.05, 0) is 36.8 Å². The highest BCUT2D eigenvalue weighted by atomic mass is 32.2. The van der Waals surface area contributed by atoms with Crippen LogP contribution < -0.4 is 5.32 Å². The zero-order chi connectivity index (χ0) is 18.2. The second-order valence-electron chi connectivity index (χ2n) is 5.37. The van der Waals surface area contributed by atoms with E-state index in [-0.39, 0.29) is 11.9 Å². The van der Waals surface area contributed by atoms with Gasteiger partial charge in [-0.1, -0.05) is 24.3 Å². The predicted octanol–water partition coefficient (Wildman–Crippen LogP) is 3.74. The number of thioether (sulfide) groups is 1. The van der Waals surface area contributed by atoms with Gasteiger partial charge in [0.05, 0.1) is 19.3 Å². The average molecular weight is 359 g/mol. The van der Waals surface area contributed by atoms with Crippen LogP contribution in [0.1, 0.15) is 22.8 Å². The first-order valence-electron chi connectivity index (χ1n) is 7.78. The van der Waals surface area contributed by atoms with Gasteiger partial charge in [0, 0.05) is 17.7 Å². The van der Waals surface area contributed by atoms with Gasteiger partial charge in [-0.2, -0.15) is 0 Å². The van der Waals surface area contributed by atoms with Gasteiger partial charge < -0.3 is 14.8 Å². The number of hydrogen-bond donors (Lipinski definition) is 1. The van der Waals surface area contributed by atoms with Crippen molar-refractivity contribution in [3.63, 3.8) is 0 Å². The minimum atomic E-state index is -0.399. The molecular weight excluding hydrogens is 338 g/mol. The summed E-state index contributed by atoms with van der Waals surface area (Å²) in [5.74, 6) is -0.554. The molecule has 0 saturated heterocycles. The van der Waals surface area contributed by atoms with Gasteiger partial charge in [0.1, 0.15) is 5.25 Å². The minimum absolute atomic E-state index is 0.227. The molecule has 0 bridgehead atoms. The van der Waals surface area contributed by atoms with Crippen LogP contribution in [0.2, 0.25) is 0 Å². The number of anilines is 1. The van der Waals surface area contributed by atoms with E-state index in [0.29, 0.717) is 17.9 Å². The van der Waals surface area contributed by atoms with E-state index in [4.69, 9.17) is 9.47 Å². The fraction of sp³-hybridized carbons (Fsp3) is 0.263. The number of methoxy groups -OCH3 is 2. The third kappa shape index (κ3) is 5.34. The van der Waals surface area contributed by atoms with Crippen molar-refractivity contribution in [1.29, 1.82) is 0 Å². The Kier molecular flexibility index (Phi) is 7.03. The molecule has 2 aromatic rings. The number of benzene rings is 2. The van der Waals surface area contributed by atoms with Crippen LogP contribution in [0.5, 0.6) is 0 Å². The molecule has 132 valence electrons. The van der Waals surface area contributed by atoms with Crippen LogP contribution in [0, 0.1) is 0 Å². The molecule has 25 heavy (non-hydrogen) atoms. The fourth-order valence-electron chi connectivity index (χ4n) is 2.27. The zero-order valence-electron chi connectivity index (χ0n) is 14.4. The Labute approximate surface area is 151 Å². The Morgan fingerprint density at radius 2 is 1.88 bits per heavy atom. The van der Waals surface area contributed by atoms with Crippen molar-refractivity contribution in [2.75, 3.05) is 19.5 Å². The summed E-state index contributed by atoms with van der Waals surface area (Å²) in [7, 11) is 2.98. The molecule has 1 N–H and O–H groups in total. The SMILES string of the molecule is COCc1cccc(NC(=O)c2ccccc2SC(C)C(=O)OC)c1. The third-order valence-electron chi connectivity index (χ3n) is 3.46. The summed E-state index contributed by atoms with van der Waals surface area (Å²) in [5, 5.41) is 2.49. The summed E-state index contributed by atoms with van der Waals surface area (Å²) in [6.07, 6.45) is 0. The van der Waals surface area contributed by atoms with E-state index >= 15 is 0 Å². The van der Waals surface area contributed by atoms with Gasteiger partial charge >= 0.3 is 5.97 Å². The Hall–Kier alpha value is -2.31. The highest BCUT2D eigenvalue weighted by molar-refractivity contribution is 8.00. The topological polar surface area (TPSA) is 64.6 Å². The standard InChI is InChI=1S/C19H21NO4S/c1-13(19(22)24-3)25-17-10-5-4-9-16(17)18(21)20-15-8-6-7-14(11-15)12-23-2/h4-11,13H,12H2,1-3H3,(H,20,21). The molecular formula is C19H21NO4S. The van der Waals surface area contributed by atoms with E-state index in [2.05, 4.69) is 5.32 Å². The highest BCUT2D eigenvalue weighted by Crippen LogP contribution is 2.28. The molecule has 1 atom stereocenters. The lowest BCUT2D eigenvalue weighted by molar-refractivity contribution is -0.139. The average Bonchev–Trinajstić information content (AvgIpc) is 2.62. The molecule has 0 spiro atoms. The lowest BCUT2D eigenvalue weighted by Gasteiger charge is -2.13. The molecule has 6 heteroatoms. The maximum absolute atomic E-state index is 12.7. The maximum Gasteiger partial charge on any atom is 0.318 e. The van der Waals surface area contributed by atoms with Crippen molar-refractivity contribution in [1.82, 2.24) is 0 Å². The normalized spacial score (nSPS) is 11.6. The molecule has 0 aliphatic heterocycles. The molecule has 2 aromatic carbocycles. The third-order valence-corrected chi connectivity index (χ3v) is 4.62. The number of amides is 1. The first-order chi connectivity index (χ1) is 12.0. The van der Waals surface area contributed by atoms with E-state index < -0.39 is 5.25 Å². The summed E-state index contributed by atoms with van der Waals surface area (Å²) in [6, 6.07) is 14.7. The molecule has 0 fully saturated rings. The van der Waals surface area contributed by atoms with Crippen LogP contribution in [0.3, 0.4) is 0 Å². The number of hydrogen-bond acceptors (Lipinski definition) is 5. The van der Waals surface area contributed by atoms with Gasteiger partial charge in [0.25, 0.3) is 5.91 Å². The quantitative estimate of drug-likeness (QED) is 0.603. The number of carbonyl (C=O) groups excluding carboxylic acids is 2. The van der Waals surface area contributed by atoms with Crippen LogP contribution in [0.15, 0.2) is 53.4 Å². The summed E-state index contributed by atoms with van der Waals surface area (Å²) in [4.78, 5) is 25.0. The van der Waals surface area contributed by atoms with Gasteiger partial charge in [-0.3, -0.25) is 9.59 Å². The molecule has 2 rings (SSSR count). The molecule has 1 unspecified atom stereocenters. The largest absolute Gasteiger partial charge is 0.468 e. The van der Waals surface area contributed by atoms with Crippen molar-refractivity contribution in [2.45, 2.75) is 23.7 Å². The molecule has 0 saturated carbocycles. The van der Waals surface area contributed by atoms with E-state index in [1.807, 2.05) is 36.4 Å². The minimum Gasteiger partial charge on any atom is -0.468 e. The molecule has 0 aliphatic carbocycles. The van der Waals surface area contributed by atoms with Crippen LogP contribution >= 0.6 is 11.8 Å². The molecule has 5 nitrogen and oxygen atoms in total. The molecule has 0 aliphatic rings. The van der Waals surface area contributed by atoms with E-state index in [0.717, 1.165) is 10.5 Å². The summed E-state index contributed by atoms with van der Waals surface area (Å²) >= 11 is 1.30. The van der Waals surface area contributed by atoms with Gasteiger partial charge in [0.2, 0.25) is 0 Å². The Morgan fingerprint density at radius 1 is 1.12 bits per heavy atom. The van der Waals surface area contributed by atoms with Crippen LogP contribution in [-0.2, 0) is 20.9 Å². The predicted molar refractivity (Wildman–Crippen MR) is 98.9 cm³/mol. The molecule has 0 radical (unpaired) electrons. The monoisotopic (exact) mass is 359 g/mol. The van der Waals surface area contributed by atoms with Crippen LogP contribution in [-0.4, -0.2) is 31.3 Å². The summed E-state index contributed by atoms with van der Waals surface area (Å²) in [5.41, 5.74) is 2.18. The van der Waals surface area contributed by atoms with E-state index in [1.54, 1.807) is 26.2 Å². The van der Waals surface area contributed by atoms with Crippen molar-refractivity contribution < 1.29 is 19.1 Å². The fourth-order valence-corrected chi connectivity index (χ4v) is 3.28. The number of carbonyl (C=O) groups is 2. The second kappa shape index (κ2) is 9.25.